The first-order valence-corrected chi connectivity index (χ1v) is 16.8. The van der Waals surface area contributed by atoms with Gasteiger partial charge in [-0.2, -0.15) is 0 Å². The summed E-state index contributed by atoms with van der Waals surface area (Å²) in [6.07, 6.45) is 9.08. The van der Waals surface area contributed by atoms with Gasteiger partial charge in [0.15, 0.2) is 17.4 Å². The molecule has 3 saturated carbocycles. The van der Waals surface area contributed by atoms with E-state index in [4.69, 9.17) is 18.9 Å². The molecule has 0 unspecified atom stereocenters. The number of aliphatic hydroxyl groups is 2. The molecule has 2 aliphatic heterocycles. The maximum absolute atomic E-state index is 13.9. The second kappa shape index (κ2) is 9.59. The van der Waals surface area contributed by atoms with Gasteiger partial charge >= 0.3 is 0 Å². The molecule has 2 N–H and O–H groups in total. The highest BCUT2D eigenvalue weighted by atomic mass is 16.8. The molecule has 4 aliphatic carbocycles. The lowest BCUT2D eigenvalue weighted by Gasteiger charge is -2.60. The molecule has 5 fully saturated rings. The average Bonchev–Trinajstić information content (AvgIpc) is 3.47. The number of fused-ring (bicyclic) bond motifs is 6. The largest absolute Gasteiger partial charge is 0.390 e. The number of allylic oxidation sites excluding steroid dienone is 1. The van der Waals surface area contributed by atoms with Gasteiger partial charge in [-0.15, -0.1) is 0 Å². The van der Waals surface area contributed by atoms with Crippen LogP contribution in [0, 0.1) is 28.6 Å². The zero-order valence-electron chi connectivity index (χ0n) is 27.5. The van der Waals surface area contributed by atoms with Crippen LogP contribution < -0.4 is 0 Å². The minimum atomic E-state index is -1.08. The molecule has 42 heavy (non-hydrogen) atoms. The van der Waals surface area contributed by atoms with Crippen molar-refractivity contribution in [3.05, 3.63) is 11.6 Å². The molecule has 12 atom stereocenters. The molecule has 2 saturated heterocycles. The van der Waals surface area contributed by atoms with Crippen LogP contribution in [0.3, 0.4) is 0 Å². The van der Waals surface area contributed by atoms with Crippen molar-refractivity contribution in [1.29, 1.82) is 0 Å². The summed E-state index contributed by atoms with van der Waals surface area (Å²) in [6.45, 7) is 18.6. The highest BCUT2D eigenvalue weighted by molar-refractivity contribution is 5.95. The quantitative estimate of drug-likeness (QED) is 0.380. The van der Waals surface area contributed by atoms with E-state index in [1.54, 1.807) is 0 Å². The Morgan fingerprint density at radius 2 is 1.60 bits per heavy atom. The molecule has 6 rings (SSSR count). The maximum atomic E-state index is 13.9. The minimum Gasteiger partial charge on any atom is -0.390 e. The molecule has 7 heteroatoms. The van der Waals surface area contributed by atoms with Crippen LogP contribution in [0.1, 0.15) is 127 Å². The standard InChI is InChI=1S/C35H56O7/c1-10-32(7)39-25-19-23-24(36)18-22-21(30(23,5)20-26(25)40-32)12-16-31(6)27(13-17-35(22,31)38)34(9)28(14-15-29(3,4)37)41-33(8,11-2)42-34/h18,21,23,25-28,37-38H,10-17,19-20H2,1-9H3/t21-,23+,25-,26+,27-,28-,30-,31-,32+,33+,34-,35-/m1/s1. The predicted octanol–water partition coefficient (Wildman–Crippen LogP) is 6.23. The van der Waals surface area contributed by atoms with Crippen molar-refractivity contribution < 1.29 is 34.0 Å². The number of hydrogen-bond acceptors (Lipinski definition) is 7. The Labute approximate surface area is 253 Å². The van der Waals surface area contributed by atoms with Gasteiger partial charge in [0.1, 0.15) is 0 Å². The summed E-state index contributed by atoms with van der Waals surface area (Å²) >= 11 is 0. The second-order valence-corrected chi connectivity index (χ2v) is 16.5. The van der Waals surface area contributed by atoms with Gasteiger partial charge in [0.2, 0.25) is 0 Å². The van der Waals surface area contributed by atoms with Gasteiger partial charge in [0.25, 0.3) is 0 Å². The van der Waals surface area contributed by atoms with E-state index in [1.165, 1.54) is 0 Å². The minimum absolute atomic E-state index is 0.0196. The molecular weight excluding hydrogens is 532 g/mol. The van der Waals surface area contributed by atoms with Crippen LogP contribution in [0.4, 0.5) is 0 Å². The molecule has 7 nitrogen and oxygen atoms in total. The maximum Gasteiger partial charge on any atom is 0.166 e. The van der Waals surface area contributed by atoms with Gasteiger partial charge in [-0.1, -0.05) is 27.7 Å². The highest BCUT2D eigenvalue weighted by Crippen LogP contribution is 2.70. The van der Waals surface area contributed by atoms with Gasteiger partial charge in [0, 0.05) is 11.3 Å². The lowest BCUT2D eigenvalue weighted by atomic mass is 9.45. The first-order chi connectivity index (χ1) is 19.4. The summed E-state index contributed by atoms with van der Waals surface area (Å²) in [4.78, 5) is 13.9. The number of carbonyl (C=O) groups is 1. The fourth-order valence-corrected chi connectivity index (χ4v) is 10.6. The molecule has 0 bridgehead atoms. The van der Waals surface area contributed by atoms with Crippen molar-refractivity contribution in [2.75, 3.05) is 0 Å². The molecule has 0 spiro atoms. The first kappa shape index (κ1) is 31.2. The molecule has 0 aromatic heterocycles. The van der Waals surface area contributed by atoms with Crippen LogP contribution in [-0.4, -0.2) is 62.7 Å². The lowest BCUT2D eigenvalue weighted by molar-refractivity contribution is -0.200. The fraction of sp³-hybridized carbons (Fsp3) is 0.914. The molecule has 238 valence electrons. The normalized spacial score (nSPS) is 53.8. The summed E-state index contributed by atoms with van der Waals surface area (Å²) in [5.74, 6) is -1.08. The smallest absolute Gasteiger partial charge is 0.166 e. The van der Waals surface area contributed by atoms with Gasteiger partial charge < -0.3 is 29.2 Å². The summed E-state index contributed by atoms with van der Waals surface area (Å²) in [5.41, 5.74) is -2.28. The van der Waals surface area contributed by atoms with Gasteiger partial charge in [-0.05, 0) is 128 Å². The predicted molar refractivity (Wildman–Crippen MR) is 159 cm³/mol. The van der Waals surface area contributed by atoms with E-state index in [2.05, 4.69) is 34.6 Å². The number of ether oxygens (including phenoxy) is 4. The van der Waals surface area contributed by atoms with Crippen LogP contribution in [-0.2, 0) is 23.7 Å². The number of ketones is 1. The van der Waals surface area contributed by atoms with Crippen LogP contribution >= 0.6 is 0 Å². The Morgan fingerprint density at radius 1 is 0.929 bits per heavy atom. The van der Waals surface area contributed by atoms with Crippen LogP contribution in [0.5, 0.6) is 0 Å². The topological polar surface area (TPSA) is 94.5 Å². The SMILES string of the molecule is CC[C@@]1(C)O[C@H](CCC(C)(C)O)[C@@](C)([C@@H]2CC[C@@]3(O)C4=CC(=O)[C@@H]5C[C@H]6O[C@](C)(CC)O[C@H]6C[C@]5(C)[C@@H]4CC[C@]23C)O1. The molecule has 2 heterocycles. The van der Waals surface area contributed by atoms with Crippen LogP contribution in [0.15, 0.2) is 11.6 Å². The van der Waals surface area contributed by atoms with Gasteiger partial charge in [-0.25, -0.2) is 0 Å². The van der Waals surface area contributed by atoms with Crippen molar-refractivity contribution in [2.45, 2.75) is 173 Å². The molecule has 0 aromatic rings. The zero-order valence-corrected chi connectivity index (χ0v) is 27.5. The Kier molecular flexibility index (Phi) is 7.12. The van der Waals surface area contributed by atoms with Crippen molar-refractivity contribution in [1.82, 2.24) is 0 Å². The Morgan fingerprint density at radius 3 is 2.24 bits per heavy atom. The lowest BCUT2D eigenvalue weighted by Crippen LogP contribution is -2.62. The van der Waals surface area contributed by atoms with Gasteiger partial charge in [0.05, 0.1) is 35.1 Å². The summed E-state index contributed by atoms with van der Waals surface area (Å²) in [7, 11) is 0. The molecule has 0 radical (unpaired) electrons. The molecule has 0 aromatic carbocycles. The monoisotopic (exact) mass is 588 g/mol. The molecular formula is C35H56O7. The van der Waals surface area contributed by atoms with E-state index in [0.29, 0.717) is 25.7 Å². The van der Waals surface area contributed by atoms with Gasteiger partial charge in [-0.3, -0.25) is 4.79 Å². The van der Waals surface area contributed by atoms with Crippen molar-refractivity contribution in [3.63, 3.8) is 0 Å². The second-order valence-electron chi connectivity index (χ2n) is 16.5. The van der Waals surface area contributed by atoms with E-state index in [1.807, 2.05) is 33.8 Å². The van der Waals surface area contributed by atoms with Crippen molar-refractivity contribution in [2.24, 2.45) is 28.6 Å². The molecule has 0 amide bonds. The third-order valence-corrected chi connectivity index (χ3v) is 13.3. The summed E-state index contributed by atoms with van der Waals surface area (Å²) < 4.78 is 26.4. The molecule has 6 aliphatic rings. The third kappa shape index (κ3) is 4.38. The van der Waals surface area contributed by atoms with Crippen LogP contribution in [0.25, 0.3) is 0 Å². The highest BCUT2D eigenvalue weighted by Gasteiger charge is 2.72. The third-order valence-electron chi connectivity index (χ3n) is 13.3. The summed E-state index contributed by atoms with van der Waals surface area (Å²) in [6, 6.07) is 0. The van der Waals surface area contributed by atoms with Crippen LogP contribution in [0.2, 0.25) is 0 Å². The first-order valence-electron chi connectivity index (χ1n) is 16.8. The zero-order chi connectivity index (χ0) is 30.7. The van der Waals surface area contributed by atoms with E-state index in [0.717, 1.165) is 44.1 Å². The van der Waals surface area contributed by atoms with E-state index in [9.17, 15) is 15.0 Å². The van der Waals surface area contributed by atoms with E-state index >= 15 is 0 Å². The Bertz CT molecular complexity index is 1140. The van der Waals surface area contributed by atoms with E-state index in [-0.39, 0.29) is 47.3 Å². The number of carbonyl (C=O) groups excluding carboxylic acids is 1. The summed E-state index contributed by atoms with van der Waals surface area (Å²) in [5, 5.41) is 23.4. The van der Waals surface area contributed by atoms with Crippen molar-refractivity contribution >= 4 is 5.78 Å². The van der Waals surface area contributed by atoms with E-state index < -0.39 is 33.8 Å². The number of rotatable bonds is 6. The Balaban J connectivity index is 1.33. The van der Waals surface area contributed by atoms with Crippen molar-refractivity contribution in [3.8, 4) is 0 Å². The Hall–Kier alpha value is -0.830. The average molecular weight is 589 g/mol. The number of hydrogen-bond donors (Lipinski definition) is 2. The fourth-order valence-electron chi connectivity index (χ4n) is 10.6.